The van der Waals surface area contributed by atoms with Gasteiger partial charge in [0.05, 0.1) is 18.3 Å². The van der Waals surface area contributed by atoms with Crippen LogP contribution in [-0.2, 0) is 0 Å². The highest BCUT2D eigenvalue weighted by atomic mass is 35.5. The number of aromatic nitrogens is 1. The Morgan fingerprint density at radius 2 is 1.74 bits per heavy atom. The number of benzene rings is 1. The van der Waals surface area contributed by atoms with Crippen LogP contribution in [0.4, 0.5) is 5.69 Å². The molecule has 0 aliphatic rings. The van der Waals surface area contributed by atoms with E-state index < -0.39 is 0 Å². The van der Waals surface area contributed by atoms with Crippen LogP contribution < -0.4 is 10.1 Å². The zero-order valence-corrected chi connectivity index (χ0v) is 18.2. The van der Waals surface area contributed by atoms with Gasteiger partial charge >= 0.3 is 0 Å². The molecular weight excluding hydrogens is 358 g/mol. The zero-order chi connectivity index (χ0) is 18.8. The number of pyridine rings is 1. The summed E-state index contributed by atoms with van der Waals surface area (Å²) in [5.41, 5.74) is 3.33. The van der Waals surface area contributed by atoms with Crippen LogP contribution in [0, 0.1) is 6.92 Å². The molecule has 5 heteroatoms. The summed E-state index contributed by atoms with van der Waals surface area (Å²) < 4.78 is 5.46. The number of ether oxygens (including phenoxy) is 1. The predicted octanol–water partition coefficient (Wildman–Crippen LogP) is 5.68. The lowest BCUT2D eigenvalue weighted by Crippen LogP contribution is -2.23. The van der Waals surface area contributed by atoms with E-state index in [4.69, 9.17) is 4.74 Å². The van der Waals surface area contributed by atoms with Gasteiger partial charge in [0.15, 0.2) is 0 Å². The average molecular weight is 394 g/mol. The molecule has 0 amide bonds. The molecule has 1 N–H and O–H groups in total. The Labute approximate surface area is 171 Å². The van der Waals surface area contributed by atoms with E-state index in [1.165, 1.54) is 57.3 Å². The molecule has 0 atom stereocenters. The number of hydrogen-bond donors (Lipinski definition) is 1. The molecule has 1 aromatic heterocycles. The van der Waals surface area contributed by atoms with Crippen LogP contribution in [0.1, 0.15) is 51.5 Å². The molecule has 152 valence electrons. The number of unbranched alkanes of at least 4 members (excludes halogenated alkanes) is 4. The van der Waals surface area contributed by atoms with Crippen molar-refractivity contribution in [2.24, 2.45) is 0 Å². The fraction of sp³-hybridized carbons (Fsp3) is 0.591. The van der Waals surface area contributed by atoms with Gasteiger partial charge in [-0.3, -0.25) is 4.98 Å². The van der Waals surface area contributed by atoms with Crippen LogP contribution in [0.25, 0.3) is 10.9 Å². The number of methoxy groups -OCH3 is 1. The Balaban J connectivity index is 0.00000364. The molecule has 0 fully saturated rings. The SMILES string of the molecule is CCN(CC)CCCCCCCNc1cc(OC)cc2c(C)ccnc12.Cl. The van der Waals surface area contributed by atoms with Crippen molar-refractivity contribution in [1.82, 2.24) is 9.88 Å². The first-order valence-electron chi connectivity index (χ1n) is 10.1. The van der Waals surface area contributed by atoms with E-state index in [0.29, 0.717) is 0 Å². The normalized spacial score (nSPS) is 10.9. The summed E-state index contributed by atoms with van der Waals surface area (Å²) in [5, 5.41) is 4.72. The van der Waals surface area contributed by atoms with Gasteiger partial charge in [-0.2, -0.15) is 0 Å². The maximum absolute atomic E-state index is 5.46. The van der Waals surface area contributed by atoms with E-state index >= 15 is 0 Å². The van der Waals surface area contributed by atoms with Gasteiger partial charge in [0.2, 0.25) is 0 Å². The van der Waals surface area contributed by atoms with Gasteiger partial charge in [0.1, 0.15) is 5.75 Å². The van der Waals surface area contributed by atoms with Crippen molar-refractivity contribution < 1.29 is 4.74 Å². The van der Waals surface area contributed by atoms with Crippen molar-refractivity contribution in [3.8, 4) is 5.75 Å². The molecule has 27 heavy (non-hydrogen) atoms. The van der Waals surface area contributed by atoms with Gasteiger partial charge in [0, 0.05) is 24.2 Å². The second kappa shape index (κ2) is 12.8. The highest BCUT2D eigenvalue weighted by Gasteiger charge is 2.07. The van der Waals surface area contributed by atoms with Gasteiger partial charge < -0.3 is 15.0 Å². The number of aryl methyl sites for hydroxylation is 1. The van der Waals surface area contributed by atoms with Gasteiger partial charge in [-0.05, 0) is 57.1 Å². The topological polar surface area (TPSA) is 37.4 Å². The highest BCUT2D eigenvalue weighted by Crippen LogP contribution is 2.29. The molecule has 0 spiro atoms. The number of nitrogens with zero attached hydrogens (tertiary/aromatic N) is 2. The first kappa shape index (κ1) is 23.5. The Bertz CT molecular complexity index is 674. The molecule has 2 aromatic rings. The number of rotatable bonds is 12. The third-order valence-electron chi connectivity index (χ3n) is 5.13. The standard InChI is InChI=1S/C22H35N3O.ClH/c1-5-25(6-2)15-11-9-7-8-10-13-23-21-17-19(26-4)16-20-18(3)12-14-24-22(20)21;/h12,14,16-17,23H,5-11,13,15H2,1-4H3;1H. The Morgan fingerprint density at radius 1 is 1.04 bits per heavy atom. The summed E-state index contributed by atoms with van der Waals surface area (Å²) in [6.45, 7) is 11.2. The third kappa shape index (κ3) is 7.19. The van der Waals surface area contributed by atoms with Crippen LogP contribution >= 0.6 is 12.4 Å². The summed E-state index contributed by atoms with van der Waals surface area (Å²) >= 11 is 0. The molecule has 0 unspecified atom stereocenters. The van der Waals surface area contributed by atoms with Gasteiger partial charge in [-0.15, -0.1) is 12.4 Å². The zero-order valence-electron chi connectivity index (χ0n) is 17.4. The van der Waals surface area contributed by atoms with E-state index in [1.54, 1.807) is 7.11 Å². The molecule has 0 aliphatic heterocycles. The second-order valence-corrected chi connectivity index (χ2v) is 6.92. The smallest absolute Gasteiger partial charge is 0.121 e. The predicted molar refractivity (Wildman–Crippen MR) is 120 cm³/mol. The summed E-state index contributed by atoms with van der Waals surface area (Å²) in [5.74, 6) is 0.882. The molecule has 1 aromatic carbocycles. The van der Waals surface area contributed by atoms with E-state index in [0.717, 1.165) is 28.9 Å². The van der Waals surface area contributed by atoms with Crippen molar-refractivity contribution >= 4 is 29.0 Å². The van der Waals surface area contributed by atoms with Crippen LogP contribution in [-0.4, -0.2) is 43.2 Å². The lowest BCUT2D eigenvalue weighted by molar-refractivity contribution is 0.295. The highest BCUT2D eigenvalue weighted by molar-refractivity contribution is 5.93. The van der Waals surface area contributed by atoms with Crippen LogP contribution in [0.5, 0.6) is 5.75 Å². The fourth-order valence-electron chi connectivity index (χ4n) is 3.37. The van der Waals surface area contributed by atoms with E-state index in [9.17, 15) is 0 Å². The second-order valence-electron chi connectivity index (χ2n) is 6.92. The van der Waals surface area contributed by atoms with Gasteiger partial charge in [0.25, 0.3) is 0 Å². The number of anilines is 1. The van der Waals surface area contributed by atoms with Gasteiger partial charge in [-0.1, -0.05) is 33.1 Å². The van der Waals surface area contributed by atoms with Crippen molar-refractivity contribution in [1.29, 1.82) is 0 Å². The summed E-state index contributed by atoms with van der Waals surface area (Å²) in [6.07, 6.45) is 8.32. The monoisotopic (exact) mass is 393 g/mol. The molecule has 2 rings (SSSR count). The number of fused-ring (bicyclic) bond motifs is 1. The lowest BCUT2D eigenvalue weighted by Gasteiger charge is -2.17. The minimum Gasteiger partial charge on any atom is -0.497 e. The number of nitrogens with one attached hydrogen (secondary N) is 1. The average Bonchev–Trinajstić information content (AvgIpc) is 2.67. The number of hydrogen-bond acceptors (Lipinski definition) is 4. The molecule has 0 saturated heterocycles. The molecule has 0 aliphatic carbocycles. The first-order chi connectivity index (χ1) is 12.7. The van der Waals surface area contributed by atoms with E-state index in [2.05, 4.69) is 48.1 Å². The number of halogens is 1. The maximum atomic E-state index is 5.46. The summed E-state index contributed by atoms with van der Waals surface area (Å²) in [6, 6.07) is 6.17. The van der Waals surface area contributed by atoms with Crippen molar-refractivity contribution in [2.75, 3.05) is 38.6 Å². The Hall–Kier alpha value is -1.52. The summed E-state index contributed by atoms with van der Waals surface area (Å²) in [7, 11) is 1.72. The van der Waals surface area contributed by atoms with Crippen molar-refractivity contribution in [3.05, 3.63) is 30.0 Å². The lowest BCUT2D eigenvalue weighted by atomic mass is 10.1. The minimum atomic E-state index is 0. The van der Waals surface area contributed by atoms with Gasteiger partial charge in [-0.25, -0.2) is 0 Å². The van der Waals surface area contributed by atoms with Crippen molar-refractivity contribution in [3.63, 3.8) is 0 Å². The quantitative estimate of drug-likeness (QED) is 0.471. The summed E-state index contributed by atoms with van der Waals surface area (Å²) in [4.78, 5) is 7.07. The van der Waals surface area contributed by atoms with Crippen LogP contribution in [0.3, 0.4) is 0 Å². The molecule has 0 radical (unpaired) electrons. The minimum absolute atomic E-state index is 0. The van der Waals surface area contributed by atoms with E-state index in [1.807, 2.05) is 12.3 Å². The molecule has 0 bridgehead atoms. The molecule has 1 heterocycles. The fourth-order valence-corrected chi connectivity index (χ4v) is 3.37. The van der Waals surface area contributed by atoms with Crippen LogP contribution in [0.15, 0.2) is 24.4 Å². The van der Waals surface area contributed by atoms with Crippen LogP contribution in [0.2, 0.25) is 0 Å². The Kier molecular flexibility index (Phi) is 11.1. The largest absolute Gasteiger partial charge is 0.497 e. The third-order valence-corrected chi connectivity index (χ3v) is 5.13. The van der Waals surface area contributed by atoms with Crippen molar-refractivity contribution in [2.45, 2.75) is 52.9 Å². The van der Waals surface area contributed by atoms with E-state index in [-0.39, 0.29) is 12.4 Å². The molecule has 4 nitrogen and oxygen atoms in total. The maximum Gasteiger partial charge on any atom is 0.121 e. The first-order valence-corrected chi connectivity index (χ1v) is 10.1. The molecule has 0 saturated carbocycles. The Morgan fingerprint density at radius 3 is 2.44 bits per heavy atom. The molecular formula is C22H36ClN3O.